The third-order valence-corrected chi connectivity index (χ3v) is 11.0. The topological polar surface area (TPSA) is 205 Å². The standard InChI is InChI=1S/C24H26BF2N9O8P2S/c25-45(37)39-6-12-19(15(26)23(41-12)35-9-33-17-20(28)31-8-32-22(17)35)44-46(38,47)40-7-13-18(43-45)16(27)24(42-13)36-21-14-10(3-5-30-21)29-4-1-2-11(14)34-36/h3,5,8-9,12-13,15-16,18-19,23-24,29H,1-2,4,6-7H2,(H,38,47)(H2,28,31,32)/t12-,13-,15?,16+,18?,19+,23-,24-,45?,46?/m1/s1. The summed E-state index contributed by atoms with van der Waals surface area (Å²) in [5, 5.41) is 8.64. The van der Waals surface area contributed by atoms with Crippen LogP contribution in [0.4, 0.5) is 20.3 Å². The molecule has 0 amide bonds. The van der Waals surface area contributed by atoms with Gasteiger partial charge in [0.15, 0.2) is 41.9 Å². The van der Waals surface area contributed by atoms with Gasteiger partial charge in [-0.2, -0.15) is 5.10 Å². The molecule has 4 aromatic heterocycles. The molecule has 4 aromatic rings. The second kappa shape index (κ2) is 11.7. The number of nitrogen functional groups attached to an aromatic ring is 1. The van der Waals surface area contributed by atoms with Crippen LogP contribution in [0.15, 0.2) is 24.9 Å². The number of imidazole rings is 1. The summed E-state index contributed by atoms with van der Waals surface area (Å²) in [6.45, 7) is -4.80. The van der Waals surface area contributed by atoms with Gasteiger partial charge in [0.1, 0.15) is 36.3 Å². The summed E-state index contributed by atoms with van der Waals surface area (Å²) in [6.07, 6.45) is -7.42. The molecule has 4 unspecified atom stereocenters. The van der Waals surface area contributed by atoms with Gasteiger partial charge in [-0.1, -0.05) is 0 Å². The fraction of sp³-hybridized carbons (Fsp3) is 0.542. The van der Waals surface area contributed by atoms with Gasteiger partial charge in [-0.05, 0) is 30.7 Å². The maximum Gasteiger partial charge on any atom is 0.325 e. The summed E-state index contributed by atoms with van der Waals surface area (Å²) in [4.78, 5) is 27.5. The number of aromatic nitrogens is 7. The quantitative estimate of drug-likeness (QED) is 0.201. The summed E-state index contributed by atoms with van der Waals surface area (Å²) in [7, 11) is 1.35. The minimum atomic E-state index is -4.57. The van der Waals surface area contributed by atoms with Crippen LogP contribution in [0.25, 0.3) is 22.2 Å². The highest BCUT2D eigenvalue weighted by Gasteiger charge is 2.54. The minimum absolute atomic E-state index is 0.0586. The van der Waals surface area contributed by atoms with Crippen molar-refractivity contribution in [2.45, 2.75) is 62.1 Å². The average molecular weight is 711 g/mol. The third kappa shape index (κ3) is 5.55. The fourth-order valence-electron chi connectivity index (χ4n) is 6.23. The molecule has 8 rings (SSSR count). The molecule has 0 aliphatic carbocycles. The molecular weight excluding hydrogens is 685 g/mol. The van der Waals surface area contributed by atoms with Crippen LogP contribution in [0, 0.1) is 0 Å². The summed E-state index contributed by atoms with van der Waals surface area (Å²) >= 11 is 5.21. The van der Waals surface area contributed by atoms with Gasteiger partial charge in [0.2, 0.25) is 7.57 Å². The van der Waals surface area contributed by atoms with E-state index in [2.05, 4.69) is 30.4 Å². The molecule has 3 fully saturated rings. The molecule has 3 saturated heterocycles. The zero-order valence-corrected chi connectivity index (χ0v) is 26.7. The maximum absolute atomic E-state index is 16.3. The van der Waals surface area contributed by atoms with Crippen LogP contribution in [-0.2, 0) is 50.4 Å². The largest absolute Gasteiger partial charge is 0.384 e. The molecule has 17 nitrogen and oxygen atoms in total. The third-order valence-electron chi connectivity index (χ3n) is 8.35. The van der Waals surface area contributed by atoms with E-state index in [9.17, 15) is 9.46 Å². The number of hydrogen-bond acceptors (Lipinski definition) is 15. The molecule has 0 aromatic carbocycles. The Kier molecular flexibility index (Phi) is 7.87. The van der Waals surface area contributed by atoms with E-state index in [1.54, 1.807) is 12.3 Å². The van der Waals surface area contributed by atoms with Crippen molar-refractivity contribution in [3.63, 3.8) is 0 Å². The Hall–Kier alpha value is -2.71. The van der Waals surface area contributed by atoms with Crippen LogP contribution >= 0.6 is 14.2 Å². The lowest BCUT2D eigenvalue weighted by atomic mass is 10.1. The van der Waals surface area contributed by atoms with Gasteiger partial charge in [0.05, 0.1) is 30.6 Å². The highest BCUT2D eigenvalue weighted by atomic mass is 32.5. The highest BCUT2D eigenvalue weighted by molar-refractivity contribution is 8.07. The zero-order chi connectivity index (χ0) is 32.7. The number of alkyl halides is 2. The number of anilines is 2. The first-order valence-corrected chi connectivity index (χ1v) is 18.7. The molecule has 0 saturated carbocycles. The van der Waals surface area contributed by atoms with Gasteiger partial charge in [0, 0.05) is 18.4 Å². The molecule has 4 N–H and O–H groups in total. The van der Waals surface area contributed by atoms with Crippen LogP contribution in [0.5, 0.6) is 0 Å². The van der Waals surface area contributed by atoms with Crippen molar-refractivity contribution in [2.75, 3.05) is 30.8 Å². The molecule has 2 radical (unpaired) electrons. The first-order chi connectivity index (χ1) is 22.5. The van der Waals surface area contributed by atoms with Crippen molar-refractivity contribution >= 4 is 67.3 Å². The Bertz CT molecular complexity index is 1960. The lowest BCUT2D eigenvalue weighted by Gasteiger charge is -2.29. The number of hydrogen-bond donors (Lipinski definition) is 3. The van der Waals surface area contributed by atoms with Crippen molar-refractivity contribution < 1.29 is 45.8 Å². The Morgan fingerprint density at radius 2 is 1.79 bits per heavy atom. The van der Waals surface area contributed by atoms with E-state index in [-0.39, 0.29) is 17.0 Å². The van der Waals surface area contributed by atoms with Crippen LogP contribution in [0.3, 0.4) is 0 Å². The summed E-state index contributed by atoms with van der Waals surface area (Å²) in [6, 6.07) is 1.80. The first-order valence-electron chi connectivity index (χ1n) is 14.5. The normalized spacial score (nSPS) is 37.9. The lowest BCUT2D eigenvalue weighted by Crippen LogP contribution is -2.37. The smallest absolute Gasteiger partial charge is 0.325 e. The average Bonchev–Trinajstić information content (AvgIpc) is 3.73. The van der Waals surface area contributed by atoms with E-state index in [4.69, 9.17) is 52.7 Å². The number of halogens is 2. The summed E-state index contributed by atoms with van der Waals surface area (Å²) in [5.41, 5.74) is 8.06. The molecule has 10 atom stereocenters. The molecule has 0 bridgehead atoms. The van der Waals surface area contributed by atoms with Gasteiger partial charge >= 0.3 is 6.72 Å². The summed E-state index contributed by atoms with van der Waals surface area (Å²) in [5.74, 6) is 0.0586. The molecule has 23 heteroatoms. The highest BCUT2D eigenvalue weighted by Crippen LogP contribution is 2.54. The van der Waals surface area contributed by atoms with Crippen molar-refractivity contribution in [3.05, 3.63) is 30.6 Å². The van der Waals surface area contributed by atoms with Crippen LogP contribution in [-0.4, -0.2) is 103 Å². The van der Waals surface area contributed by atoms with Crippen LogP contribution in [0.1, 0.15) is 24.6 Å². The molecule has 248 valence electrons. The minimum Gasteiger partial charge on any atom is -0.384 e. The second-order valence-electron chi connectivity index (χ2n) is 11.3. The van der Waals surface area contributed by atoms with Gasteiger partial charge in [0.25, 0.3) is 7.47 Å². The van der Waals surface area contributed by atoms with Gasteiger partial charge < -0.3 is 39.0 Å². The lowest BCUT2D eigenvalue weighted by molar-refractivity contribution is -0.0586. The Balaban J connectivity index is 1.08. The molecule has 4 aliphatic rings. The van der Waals surface area contributed by atoms with E-state index in [0.717, 1.165) is 24.0 Å². The van der Waals surface area contributed by atoms with Crippen LogP contribution < -0.4 is 11.1 Å². The van der Waals surface area contributed by atoms with E-state index in [0.29, 0.717) is 17.8 Å². The SMILES string of the molecule is [B]P1(=O)OC[C@H]2O[C@@H](n3cnc4c(N)ncnc43)C(F)[C@H]2OP(O)(=S)OC[C@H]2O[C@@H](n3nc4c5c(ccnc53)NCCC4)[C@@H](F)C2O1. The van der Waals surface area contributed by atoms with E-state index in [1.165, 1.54) is 21.9 Å². The monoisotopic (exact) mass is 711 g/mol. The van der Waals surface area contributed by atoms with Crippen molar-refractivity contribution in [2.24, 2.45) is 0 Å². The number of fused-ring (bicyclic) bond motifs is 3. The fourth-order valence-corrected chi connectivity index (χ4v) is 8.67. The van der Waals surface area contributed by atoms with E-state index >= 15 is 8.78 Å². The summed E-state index contributed by atoms with van der Waals surface area (Å²) < 4.78 is 82.2. The zero-order valence-electron chi connectivity index (χ0n) is 24.1. The van der Waals surface area contributed by atoms with Crippen molar-refractivity contribution in [3.8, 4) is 0 Å². The van der Waals surface area contributed by atoms with E-state index in [1.807, 2.05) is 0 Å². The first kappa shape index (κ1) is 31.6. The van der Waals surface area contributed by atoms with Gasteiger partial charge in [-0.15, -0.1) is 0 Å². The molecule has 47 heavy (non-hydrogen) atoms. The number of nitrogens with two attached hydrogens (primary N) is 1. The Morgan fingerprint density at radius 3 is 2.62 bits per heavy atom. The predicted molar refractivity (Wildman–Crippen MR) is 163 cm³/mol. The van der Waals surface area contributed by atoms with E-state index < -0.39 is 76.6 Å². The number of ether oxygens (including phenoxy) is 2. The Labute approximate surface area is 270 Å². The molecule has 0 spiro atoms. The van der Waals surface area contributed by atoms with Crippen LogP contribution in [0.2, 0.25) is 0 Å². The maximum atomic E-state index is 16.3. The molecular formula is C24H26BF2N9O8P2S. The molecule has 8 heterocycles. The molecule has 4 aliphatic heterocycles. The van der Waals surface area contributed by atoms with Crippen molar-refractivity contribution in [1.82, 2.24) is 34.3 Å². The predicted octanol–water partition coefficient (Wildman–Crippen LogP) is 1.99. The Morgan fingerprint density at radius 1 is 1.04 bits per heavy atom. The number of pyridine rings is 1. The number of nitrogens with one attached hydrogen (secondary N) is 1. The number of nitrogens with zero attached hydrogens (tertiary/aromatic N) is 7. The second-order valence-corrected chi connectivity index (χ2v) is 15.7. The van der Waals surface area contributed by atoms with Gasteiger partial charge in [-0.25, -0.2) is 33.4 Å². The number of rotatable bonds is 2. The number of aryl methyl sites for hydroxylation is 1. The van der Waals surface area contributed by atoms with Gasteiger partial charge in [-0.3, -0.25) is 13.7 Å². The van der Waals surface area contributed by atoms with Crippen molar-refractivity contribution in [1.29, 1.82) is 0 Å².